The predicted molar refractivity (Wildman–Crippen MR) is 69.4 cm³/mol. The number of hydrogen-bond acceptors (Lipinski definition) is 4. The molecule has 108 valence electrons. The largest absolute Gasteiger partial charge is 0.468 e. The summed E-state index contributed by atoms with van der Waals surface area (Å²) in [6.07, 6.45) is 0.916. The van der Waals surface area contributed by atoms with E-state index in [1.165, 1.54) is 43.4 Å². The topological polar surface area (TPSA) is 55.8 Å². The summed E-state index contributed by atoms with van der Waals surface area (Å²) in [6, 6.07) is 5.45. The van der Waals surface area contributed by atoms with Crippen molar-refractivity contribution in [3.05, 3.63) is 30.1 Å². The molecule has 0 atom stereocenters. The van der Waals surface area contributed by atoms with E-state index in [9.17, 15) is 14.0 Å². The van der Waals surface area contributed by atoms with Gasteiger partial charge in [-0.05, 0) is 37.1 Å². The molecule has 0 spiro atoms. The minimum Gasteiger partial charge on any atom is -0.468 e. The standard InChI is InChI=1S/C14H16FNO4/c1-19-9-16(11-5-3-10(15)4-6-11)12(17)14(7-8-14)13(18)20-2/h3-6H,7-9H2,1-2H3. The van der Waals surface area contributed by atoms with E-state index in [-0.39, 0.29) is 12.6 Å². The first-order valence-corrected chi connectivity index (χ1v) is 6.20. The van der Waals surface area contributed by atoms with Crippen LogP contribution in [-0.4, -0.2) is 32.8 Å². The quantitative estimate of drug-likeness (QED) is 0.468. The number of ether oxygens (including phenoxy) is 2. The molecule has 1 aromatic rings. The van der Waals surface area contributed by atoms with E-state index in [0.29, 0.717) is 18.5 Å². The number of methoxy groups -OCH3 is 2. The molecule has 1 aromatic carbocycles. The zero-order chi connectivity index (χ0) is 14.8. The summed E-state index contributed by atoms with van der Waals surface area (Å²) in [7, 11) is 2.70. The molecule has 1 aliphatic carbocycles. The second kappa shape index (κ2) is 5.58. The van der Waals surface area contributed by atoms with Gasteiger partial charge in [-0.15, -0.1) is 0 Å². The van der Waals surface area contributed by atoms with Crippen LogP contribution >= 0.6 is 0 Å². The van der Waals surface area contributed by atoms with Crippen LogP contribution in [0.3, 0.4) is 0 Å². The van der Waals surface area contributed by atoms with Crippen LogP contribution < -0.4 is 4.90 Å². The Bertz CT molecular complexity index is 510. The highest BCUT2D eigenvalue weighted by atomic mass is 19.1. The lowest BCUT2D eigenvalue weighted by Crippen LogP contribution is -2.42. The van der Waals surface area contributed by atoms with Gasteiger partial charge in [0.25, 0.3) is 0 Å². The highest BCUT2D eigenvalue weighted by Crippen LogP contribution is 2.48. The zero-order valence-corrected chi connectivity index (χ0v) is 11.4. The van der Waals surface area contributed by atoms with Crippen LogP contribution in [0.4, 0.5) is 10.1 Å². The number of anilines is 1. The third-order valence-electron chi connectivity index (χ3n) is 3.38. The molecule has 0 saturated heterocycles. The number of amides is 1. The maximum Gasteiger partial charge on any atom is 0.321 e. The summed E-state index contributed by atoms with van der Waals surface area (Å²) in [5.41, 5.74) is -0.629. The van der Waals surface area contributed by atoms with Crippen LogP contribution in [0.25, 0.3) is 0 Å². The third kappa shape index (κ3) is 2.51. The van der Waals surface area contributed by atoms with Crippen molar-refractivity contribution < 1.29 is 23.5 Å². The lowest BCUT2D eigenvalue weighted by Gasteiger charge is -2.25. The summed E-state index contributed by atoms with van der Waals surface area (Å²) in [5, 5.41) is 0. The number of nitrogens with zero attached hydrogens (tertiary/aromatic N) is 1. The second-order valence-electron chi connectivity index (χ2n) is 4.70. The molecule has 1 amide bonds. The van der Waals surface area contributed by atoms with Crippen molar-refractivity contribution in [2.75, 3.05) is 25.9 Å². The molecule has 5 nitrogen and oxygen atoms in total. The van der Waals surface area contributed by atoms with E-state index < -0.39 is 17.2 Å². The average molecular weight is 281 g/mol. The Morgan fingerprint density at radius 1 is 1.25 bits per heavy atom. The minimum absolute atomic E-state index is 0.0107. The van der Waals surface area contributed by atoms with Crippen molar-refractivity contribution in [3.63, 3.8) is 0 Å². The lowest BCUT2D eigenvalue weighted by molar-refractivity contribution is -0.151. The molecule has 1 fully saturated rings. The average Bonchev–Trinajstić information content (AvgIpc) is 3.26. The van der Waals surface area contributed by atoms with Gasteiger partial charge in [-0.3, -0.25) is 14.5 Å². The van der Waals surface area contributed by atoms with Crippen molar-refractivity contribution in [3.8, 4) is 0 Å². The van der Waals surface area contributed by atoms with Gasteiger partial charge in [-0.2, -0.15) is 0 Å². The second-order valence-corrected chi connectivity index (χ2v) is 4.70. The van der Waals surface area contributed by atoms with Crippen LogP contribution in [0.5, 0.6) is 0 Å². The van der Waals surface area contributed by atoms with Gasteiger partial charge in [0, 0.05) is 12.8 Å². The highest BCUT2D eigenvalue weighted by Gasteiger charge is 2.59. The number of hydrogen-bond donors (Lipinski definition) is 0. The Hall–Kier alpha value is -1.95. The molecule has 0 N–H and O–H groups in total. The van der Waals surface area contributed by atoms with Gasteiger partial charge in [-0.1, -0.05) is 0 Å². The SMILES string of the molecule is COCN(C(=O)C1(C(=O)OC)CC1)c1ccc(F)cc1. The van der Waals surface area contributed by atoms with Crippen LogP contribution in [0.2, 0.25) is 0 Å². The number of carbonyl (C=O) groups excluding carboxylic acids is 2. The summed E-state index contributed by atoms with van der Waals surface area (Å²) < 4.78 is 22.7. The van der Waals surface area contributed by atoms with E-state index in [0.717, 1.165) is 0 Å². The lowest BCUT2D eigenvalue weighted by atomic mass is 10.1. The van der Waals surface area contributed by atoms with Crippen LogP contribution in [0, 0.1) is 11.2 Å². The Balaban J connectivity index is 2.27. The number of carbonyl (C=O) groups is 2. The van der Waals surface area contributed by atoms with Crippen LogP contribution in [0.15, 0.2) is 24.3 Å². The van der Waals surface area contributed by atoms with Crippen molar-refractivity contribution in [1.82, 2.24) is 0 Å². The molecule has 6 heteroatoms. The Morgan fingerprint density at radius 3 is 2.30 bits per heavy atom. The number of benzene rings is 1. The van der Waals surface area contributed by atoms with Gasteiger partial charge in [-0.25, -0.2) is 4.39 Å². The van der Waals surface area contributed by atoms with Gasteiger partial charge in [0.15, 0.2) is 0 Å². The van der Waals surface area contributed by atoms with E-state index in [4.69, 9.17) is 9.47 Å². The first-order chi connectivity index (χ1) is 9.55. The highest BCUT2D eigenvalue weighted by molar-refractivity contribution is 6.12. The van der Waals surface area contributed by atoms with Crippen LogP contribution in [-0.2, 0) is 19.1 Å². The van der Waals surface area contributed by atoms with Gasteiger partial charge < -0.3 is 9.47 Å². The third-order valence-corrected chi connectivity index (χ3v) is 3.38. The van der Waals surface area contributed by atoms with Gasteiger partial charge in [0.2, 0.25) is 5.91 Å². The van der Waals surface area contributed by atoms with Crippen LogP contribution in [0.1, 0.15) is 12.8 Å². The summed E-state index contributed by atoms with van der Waals surface area (Å²) in [6.45, 7) is -0.0107. The molecule has 0 bridgehead atoms. The Morgan fingerprint density at radius 2 is 1.85 bits per heavy atom. The van der Waals surface area contributed by atoms with Gasteiger partial charge in [0.05, 0.1) is 7.11 Å². The first kappa shape index (κ1) is 14.5. The van der Waals surface area contributed by atoms with Gasteiger partial charge in [0.1, 0.15) is 18.0 Å². The van der Waals surface area contributed by atoms with Gasteiger partial charge >= 0.3 is 5.97 Å². The molecule has 20 heavy (non-hydrogen) atoms. The Labute approximate surface area is 116 Å². The zero-order valence-electron chi connectivity index (χ0n) is 11.4. The maximum atomic E-state index is 13.0. The van der Waals surface area contributed by atoms with Crippen molar-refractivity contribution in [2.24, 2.45) is 5.41 Å². The normalized spacial score (nSPS) is 15.6. The molecule has 0 radical (unpaired) electrons. The molecule has 1 aliphatic rings. The molecule has 0 heterocycles. The molecule has 1 saturated carbocycles. The van der Waals surface area contributed by atoms with E-state index in [1.807, 2.05) is 0 Å². The number of esters is 1. The smallest absolute Gasteiger partial charge is 0.321 e. The minimum atomic E-state index is -1.11. The molecule has 2 rings (SSSR count). The number of halogens is 1. The fourth-order valence-electron chi connectivity index (χ4n) is 2.08. The van der Waals surface area contributed by atoms with Crippen molar-refractivity contribution >= 4 is 17.6 Å². The molecular formula is C14H16FNO4. The molecule has 0 aliphatic heterocycles. The van der Waals surface area contributed by atoms with E-state index in [2.05, 4.69) is 0 Å². The molecule has 0 aromatic heterocycles. The van der Waals surface area contributed by atoms with E-state index in [1.54, 1.807) is 0 Å². The fourth-order valence-corrected chi connectivity index (χ4v) is 2.08. The first-order valence-electron chi connectivity index (χ1n) is 6.20. The molecule has 0 unspecified atom stereocenters. The van der Waals surface area contributed by atoms with E-state index >= 15 is 0 Å². The van der Waals surface area contributed by atoms with Crippen molar-refractivity contribution in [1.29, 1.82) is 0 Å². The summed E-state index contributed by atoms with van der Waals surface area (Å²) in [5.74, 6) is -1.31. The number of rotatable bonds is 5. The fraction of sp³-hybridized carbons (Fsp3) is 0.429. The Kier molecular flexibility index (Phi) is 4.04. The summed E-state index contributed by atoms with van der Waals surface area (Å²) >= 11 is 0. The predicted octanol–water partition coefficient (Wildman–Crippen LogP) is 1.72. The maximum absolute atomic E-state index is 13.0. The molecular weight excluding hydrogens is 265 g/mol. The van der Waals surface area contributed by atoms with Crippen molar-refractivity contribution in [2.45, 2.75) is 12.8 Å². The summed E-state index contributed by atoms with van der Waals surface area (Å²) in [4.78, 5) is 25.6. The monoisotopic (exact) mass is 281 g/mol.